The molecule has 5 heteroatoms. The second kappa shape index (κ2) is 4.61. The van der Waals surface area contributed by atoms with Gasteiger partial charge in [-0.2, -0.15) is 0 Å². The maximum atomic E-state index is 11.5. The highest BCUT2D eigenvalue weighted by Crippen LogP contribution is 2.18. The van der Waals surface area contributed by atoms with Gasteiger partial charge in [0, 0.05) is 11.9 Å². The van der Waals surface area contributed by atoms with Gasteiger partial charge in [-0.3, -0.25) is 4.79 Å². The van der Waals surface area contributed by atoms with Gasteiger partial charge < -0.3 is 10.6 Å². The number of aryl methyl sites for hydroxylation is 1. The van der Waals surface area contributed by atoms with Crippen LogP contribution in [0.1, 0.15) is 25.5 Å². The summed E-state index contributed by atoms with van der Waals surface area (Å²) >= 11 is 1.57. The van der Waals surface area contributed by atoms with Crippen molar-refractivity contribution in [3.8, 4) is 0 Å². The first kappa shape index (κ1) is 10.4. The highest BCUT2D eigenvalue weighted by atomic mass is 32.1. The molecular formula is C10H15N3OS. The summed E-state index contributed by atoms with van der Waals surface area (Å²) in [5.41, 5.74) is 1.08. The van der Waals surface area contributed by atoms with Crippen LogP contribution < -0.4 is 10.6 Å². The van der Waals surface area contributed by atoms with E-state index in [-0.39, 0.29) is 11.9 Å². The van der Waals surface area contributed by atoms with E-state index in [1.165, 1.54) is 0 Å². The molecule has 0 aliphatic carbocycles. The molecule has 1 aromatic rings. The molecule has 0 radical (unpaired) electrons. The number of carbonyl (C=O) groups excluding carboxylic acids is 1. The van der Waals surface area contributed by atoms with Crippen LogP contribution in [0.2, 0.25) is 0 Å². The fourth-order valence-electron chi connectivity index (χ4n) is 1.59. The number of nitrogens with zero attached hydrogens (tertiary/aromatic N) is 1. The van der Waals surface area contributed by atoms with Gasteiger partial charge in [0.1, 0.15) is 6.04 Å². The lowest BCUT2D eigenvalue weighted by Crippen LogP contribution is -2.44. The molecule has 82 valence electrons. The third kappa shape index (κ3) is 2.47. The Balaban J connectivity index is 1.98. The minimum absolute atomic E-state index is 0.0921. The number of hydrogen-bond acceptors (Lipinski definition) is 4. The van der Waals surface area contributed by atoms with Crippen molar-refractivity contribution in [2.24, 2.45) is 0 Å². The van der Waals surface area contributed by atoms with Crippen LogP contribution in [-0.4, -0.2) is 23.5 Å². The van der Waals surface area contributed by atoms with E-state index in [9.17, 15) is 4.79 Å². The topological polar surface area (TPSA) is 54.0 Å². The zero-order chi connectivity index (χ0) is 10.7. The summed E-state index contributed by atoms with van der Waals surface area (Å²) < 4.78 is 0. The van der Waals surface area contributed by atoms with Crippen LogP contribution in [0, 0.1) is 0 Å². The molecular weight excluding hydrogens is 210 g/mol. The fraction of sp³-hybridized carbons (Fsp3) is 0.600. The van der Waals surface area contributed by atoms with Gasteiger partial charge in [0.15, 0.2) is 5.13 Å². The van der Waals surface area contributed by atoms with Crippen LogP contribution in [0.25, 0.3) is 0 Å². The predicted molar refractivity (Wildman–Crippen MR) is 61.1 cm³/mol. The lowest BCUT2D eigenvalue weighted by molar-refractivity contribution is -0.123. The second-order valence-electron chi connectivity index (χ2n) is 3.63. The van der Waals surface area contributed by atoms with E-state index in [1.807, 2.05) is 5.38 Å². The van der Waals surface area contributed by atoms with Gasteiger partial charge in [0.2, 0.25) is 5.91 Å². The summed E-state index contributed by atoms with van der Waals surface area (Å²) in [5.74, 6) is 0.0921. The van der Waals surface area contributed by atoms with Gasteiger partial charge in [-0.25, -0.2) is 4.98 Å². The van der Waals surface area contributed by atoms with Crippen molar-refractivity contribution >= 4 is 22.4 Å². The third-order valence-electron chi connectivity index (χ3n) is 2.50. The van der Waals surface area contributed by atoms with Gasteiger partial charge in [-0.15, -0.1) is 11.3 Å². The largest absolute Gasteiger partial charge is 0.354 e. The molecule has 1 fully saturated rings. The minimum atomic E-state index is -0.102. The Hall–Kier alpha value is -1.10. The molecule has 2 rings (SSSR count). The first-order valence-corrected chi connectivity index (χ1v) is 6.16. The van der Waals surface area contributed by atoms with Crippen molar-refractivity contribution in [3.05, 3.63) is 11.1 Å². The quantitative estimate of drug-likeness (QED) is 0.817. The normalized spacial score (nSPS) is 21.1. The Morgan fingerprint density at radius 1 is 1.73 bits per heavy atom. The zero-order valence-electron chi connectivity index (χ0n) is 8.75. The number of rotatable bonds is 3. The van der Waals surface area contributed by atoms with E-state index >= 15 is 0 Å². The number of amides is 1. The summed E-state index contributed by atoms with van der Waals surface area (Å²) in [5, 5.41) is 8.92. The average Bonchev–Trinajstić information content (AvgIpc) is 2.69. The molecule has 1 aliphatic heterocycles. The van der Waals surface area contributed by atoms with E-state index in [0.717, 1.165) is 36.6 Å². The van der Waals surface area contributed by atoms with Gasteiger partial charge >= 0.3 is 0 Å². The van der Waals surface area contributed by atoms with Gasteiger partial charge in [-0.05, 0) is 19.3 Å². The molecule has 0 aromatic carbocycles. The van der Waals surface area contributed by atoms with Crippen LogP contribution >= 0.6 is 11.3 Å². The molecule has 1 amide bonds. The van der Waals surface area contributed by atoms with Crippen molar-refractivity contribution in [2.45, 2.75) is 32.2 Å². The molecule has 1 unspecified atom stereocenters. The maximum absolute atomic E-state index is 11.5. The van der Waals surface area contributed by atoms with Gasteiger partial charge in [0.05, 0.1) is 5.69 Å². The maximum Gasteiger partial charge on any atom is 0.242 e. The monoisotopic (exact) mass is 225 g/mol. The van der Waals surface area contributed by atoms with Crippen LogP contribution in [0.3, 0.4) is 0 Å². The number of anilines is 1. The van der Waals surface area contributed by atoms with Crippen molar-refractivity contribution in [2.75, 3.05) is 11.9 Å². The molecule has 1 saturated heterocycles. The van der Waals surface area contributed by atoms with E-state index in [2.05, 4.69) is 22.5 Å². The lowest BCUT2D eigenvalue weighted by atomic mass is 10.1. The number of thiazole rings is 1. The second-order valence-corrected chi connectivity index (χ2v) is 4.49. The Kier molecular flexibility index (Phi) is 3.20. The van der Waals surface area contributed by atoms with Crippen molar-refractivity contribution in [1.29, 1.82) is 0 Å². The zero-order valence-corrected chi connectivity index (χ0v) is 9.56. The summed E-state index contributed by atoms with van der Waals surface area (Å²) in [4.78, 5) is 15.9. The van der Waals surface area contributed by atoms with Gasteiger partial charge in [0.25, 0.3) is 0 Å². The highest BCUT2D eigenvalue weighted by molar-refractivity contribution is 7.13. The number of hydrogen-bond donors (Lipinski definition) is 2. The molecule has 1 aliphatic rings. The van der Waals surface area contributed by atoms with E-state index < -0.39 is 0 Å². The molecule has 1 aromatic heterocycles. The van der Waals surface area contributed by atoms with E-state index in [0.29, 0.717) is 0 Å². The first-order valence-electron chi connectivity index (χ1n) is 5.28. The summed E-state index contributed by atoms with van der Waals surface area (Å²) in [6.07, 6.45) is 2.87. The molecule has 15 heavy (non-hydrogen) atoms. The van der Waals surface area contributed by atoms with Crippen molar-refractivity contribution < 1.29 is 4.79 Å². The summed E-state index contributed by atoms with van der Waals surface area (Å²) in [6, 6.07) is -0.102. The molecule has 0 spiro atoms. The van der Waals surface area contributed by atoms with Gasteiger partial charge in [-0.1, -0.05) is 6.92 Å². The molecule has 2 N–H and O–H groups in total. The molecule has 0 bridgehead atoms. The lowest BCUT2D eigenvalue weighted by Gasteiger charge is -2.22. The smallest absolute Gasteiger partial charge is 0.242 e. The standard InChI is InChI=1S/C10H15N3OS/c1-2-7-6-15-10(12-7)13-8-4-3-5-11-9(8)14/h6,8H,2-5H2,1H3,(H,11,14)(H,12,13). The van der Waals surface area contributed by atoms with Crippen LogP contribution in [0.4, 0.5) is 5.13 Å². The van der Waals surface area contributed by atoms with E-state index in [1.54, 1.807) is 11.3 Å². The third-order valence-corrected chi connectivity index (χ3v) is 3.32. The Morgan fingerprint density at radius 2 is 2.60 bits per heavy atom. The Labute approximate surface area is 93.1 Å². The van der Waals surface area contributed by atoms with Crippen molar-refractivity contribution in [1.82, 2.24) is 10.3 Å². The first-order chi connectivity index (χ1) is 7.29. The molecule has 0 saturated carbocycles. The van der Waals surface area contributed by atoms with Crippen LogP contribution in [-0.2, 0) is 11.2 Å². The minimum Gasteiger partial charge on any atom is -0.354 e. The number of carbonyl (C=O) groups is 1. The van der Waals surface area contributed by atoms with Crippen LogP contribution in [0.15, 0.2) is 5.38 Å². The number of nitrogens with one attached hydrogen (secondary N) is 2. The predicted octanol–water partition coefficient (Wildman–Crippen LogP) is 1.40. The molecule has 1 atom stereocenters. The molecule has 4 nitrogen and oxygen atoms in total. The Bertz CT molecular complexity index is 350. The SMILES string of the molecule is CCc1csc(NC2CCCNC2=O)n1. The number of piperidine rings is 1. The average molecular weight is 225 g/mol. The summed E-state index contributed by atoms with van der Waals surface area (Å²) in [7, 11) is 0. The van der Waals surface area contributed by atoms with Crippen LogP contribution in [0.5, 0.6) is 0 Å². The fourth-order valence-corrected chi connectivity index (χ4v) is 2.44. The summed E-state index contributed by atoms with van der Waals surface area (Å²) in [6.45, 7) is 2.88. The van der Waals surface area contributed by atoms with E-state index in [4.69, 9.17) is 0 Å². The highest BCUT2D eigenvalue weighted by Gasteiger charge is 2.22. The molecule has 2 heterocycles. The Morgan fingerprint density at radius 3 is 3.27 bits per heavy atom. The number of aromatic nitrogens is 1. The van der Waals surface area contributed by atoms with Crippen molar-refractivity contribution in [3.63, 3.8) is 0 Å².